The van der Waals surface area contributed by atoms with Gasteiger partial charge in [-0.3, -0.25) is 9.59 Å². The Morgan fingerprint density at radius 1 is 1.07 bits per heavy atom. The molecule has 1 atom stereocenters. The summed E-state index contributed by atoms with van der Waals surface area (Å²) in [6, 6.07) is 7.83. The molecular weight excluding hydrogens is 386 g/mol. The number of carbonyl (C=O) groups is 2. The van der Waals surface area contributed by atoms with E-state index in [0.29, 0.717) is 13.0 Å². The van der Waals surface area contributed by atoms with E-state index in [0.717, 1.165) is 16.5 Å². The second kappa shape index (κ2) is 9.13. The van der Waals surface area contributed by atoms with E-state index in [9.17, 15) is 9.59 Å². The molecule has 0 aliphatic carbocycles. The summed E-state index contributed by atoms with van der Waals surface area (Å²) in [7, 11) is 0.621. The fraction of sp³-hybridized carbons (Fsp3) is 0.545. The monoisotopic (exact) mass is 419 g/mol. The maximum Gasteiger partial charge on any atom is 0.320 e. The van der Waals surface area contributed by atoms with E-state index >= 15 is 0 Å². The van der Waals surface area contributed by atoms with E-state index in [1.807, 2.05) is 30.5 Å². The quantitative estimate of drug-likeness (QED) is 0.384. The van der Waals surface area contributed by atoms with Crippen LogP contribution in [0.2, 0.25) is 18.1 Å². The lowest BCUT2D eigenvalue weighted by atomic mass is 9.83. The van der Waals surface area contributed by atoms with Gasteiger partial charge in [0.15, 0.2) is 14.2 Å². The van der Waals surface area contributed by atoms with Crippen molar-refractivity contribution in [1.29, 1.82) is 0 Å². The molecule has 1 heterocycles. The summed E-state index contributed by atoms with van der Waals surface area (Å²) in [5.41, 5.74) is 1.84. The van der Waals surface area contributed by atoms with Crippen LogP contribution in [0, 0.1) is 5.92 Å². The third-order valence-corrected chi connectivity index (χ3v) is 10.6. The summed E-state index contributed by atoms with van der Waals surface area (Å²) in [4.78, 5) is 28.3. The molecule has 0 spiro atoms. The van der Waals surface area contributed by atoms with Gasteiger partial charge in [-0.25, -0.2) is 0 Å². The van der Waals surface area contributed by atoms with Crippen LogP contribution >= 0.6 is 0 Å². The number of methoxy groups -OCH3 is 2. The maximum absolute atomic E-state index is 12.5. The number of esters is 2. The Hall–Kier alpha value is -2.12. The summed E-state index contributed by atoms with van der Waals surface area (Å²) >= 11 is 0. The third kappa shape index (κ3) is 5.08. The molecule has 0 aliphatic heterocycles. The third-order valence-electron chi connectivity index (χ3n) is 6.03. The van der Waals surface area contributed by atoms with Gasteiger partial charge in [0.05, 0.1) is 14.2 Å². The van der Waals surface area contributed by atoms with E-state index in [-0.39, 0.29) is 5.04 Å². The molecule has 0 bridgehead atoms. The number of aromatic nitrogens is 1. The van der Waals surface area contributed by atoms with Crippen LogP contribution in [0.4, 0.5) is 0 Å². The largest absolute Gasteiger partial charge is 0.468 e. The molecule has 2 rings (SSSR count). The molecule has 0 amide bonds. The van der Waals surface area contributed by atoms with Gasteiger partial charge in [-0.1, -0.05) is 39.0 Å². The number of H-pyrrole nitrogens is 1. The second-order valence-electron chi connectivity index (χ2n) is 8.82. The van der Waals surface area contributed by atoms with Crippen LogP contribution in [-0.2, 0) is 23.5 Å². The van der Waals surface area contributed by atoms with Crippen LogP contribution in [0.25, 0.3) is 10.9 Å². The second-order valence-corrected chi connectivity index (χ2v) is 13.6. The topological polar surface area (TPSA) is 77.6 Å². The highest BCUT2D eigenvalue weighted by Crippen LogP contribution is 2.39. The van der Waals surface area contributed by atoms with Crippen molar-refractivity contribution >= 4 is 31.2 Å². The number of fused-ring (bicyclic) bond motifs is 1. The number of hydrogen-bond acceptors (Lipinski definition) is 5. The van der Waals surface area contributed by atoms with Gasteiger partial charge in [-0.15, -0.1) is 0 Å². The van der Waals surface area contributed by atoms with Gasteiger partial charge in [0.2, 0.25) is 0 Å². The molecule has 0 aliphatic rings. The molecule has 29 heavy (non-hydrogen) atoms. The Morgan fingerprint density at radius 2 is 1.66 bits per heavy atom. The van der Waals surface area contributed by atoms with E-state index in [1.54, 1.807) is 0 Å². The van der Waals surface area contributed by atoms with Crippen LogP contribution in [0.1, 0.15) is 38.7 Å². The molecule has 7 heteroatoms. The van der Waals surface area contributed by atoms with E-state index in [4.69, 9.17) is 13.9 Å². The van der Waals surface area contributed by atoms with Crippen molar-refractivity contribution in [2.24, 2.45) is 5.92 Å². The lowest BCUT2D eigenvalue weighted by Crippen LogP contribution is -2.41. The molecule has 1 aromatic heterocycles. The Bertz CT molecular complexity index is 836. The summed E-state index contributed by atoms with van der Waals surface area (Å²) < 4.78 is 16.2. The van der Waals surface area contributed by atoms with Crippen LogP contribution in [0.5, 0.6) is 0 Å². The fourth-order valence-electron chi connectivity index (χ4n) is 3.24. The minimum absolute atomic E-state index is 0.0768. The van der Waals surface area contributed by atoms with E-state index < -0.39 is 32.1 Å². The number of hydrogen-bond donors (Lipinski definition) is 1. The van der Waals surface area contributed by atoms with Crippen molar-refractivity contribution in [1.82, 2.24) is 4.98 Å². The normalized spacial score (nSPS) is 13.5. The smallest absolute Gasteiger partial charge is 0.320 e. The van der Waals surface area contributed by atoms with Crippen LogP contribution in [0.3, 0.4) is 0 Å². The van der Waals surface area contributed by atoms with Crippen molar-refractivity contribution < 1.29 is 23.5 Å². The lowest BCUT2D eigenvalue weighted by Gasteiger charge is -2.36. The van der Waals surface area contributed by atoms with Crippen LogP contribution < -0.4 is 0 Å². The molecular formula is C22H33NO5Si. The zero-order chi connectivity index (χ0) is 21.8. The predicted octanol–water partition coefficient (Wildman–Crippen LogP) is 4.63. The molecule has 0 fully saturated rings. The zero-order valence-electron chi connectivity index (χ0n) is 18.5. The maximum atomic E-state index is 12.5. The highest BCUT2D eigenvalue weighted by atomic mass is 28.4. The predicted molar refractivity (Wildman–Crippen MR) is 116 cm³/mol. The highest BCUT2D eigenvalue weighted by molar-refractivity contribution is 6.74. The minimum atomic E-state index is -1.96. The Balaban J connectivity index is 2.40. The minimum Gasteiger partial charge on any atom is -0.468 e. The van der Waals surface area contributed by atoms with Gasteiger partial charge in [-0.2, -0.15) is 0 Å². The summed E-state index contributed by atoms with van der Waals surface area (Å²) in [6.45, 7) is 11.4. The summed E-state index contributed by atoms with van der Waals surface area (Å²) in [6.07, 6.45) is 2.36. The van der Waals surface area contributed by atoms with Crippen molar-refractivity contribution in [2.45, 2.75) is 51.2 Å². The molecule has 0 radical (unpaired) electrons. The molecule has 2 aromatic rings. The Kier molecular flexibility index (Phi) is 7.29. The van der Waals surface area contributed by atoms with Crippen molar-refractivity contribution in [2.75, 3.05) is 20.8 Å². The lowest BCUT2D eigenvalue weighted by molar-refractivity contribution is -0.160. The first-order valence-corrected chi connectivity index (χ1v) is 12.8. The number of rotatable bonds is 8. The molecule has 0 saturated carbocycles. The van der Waals surface area contributed by atoms with Gasteiger partial charge in [0.1, 0.15) is 0 Å². The van der Waals surface area contributed by atoms with Crippen molar-refractivity contribution in [3.63, 3.8) is 0 Å². The first-order chi connectivity index (χ1) is 13.5. The molecule has 0 saturated heterocycles. The van der Waals surface area contributed by atoms with Gasteiger partial charge in [-0.05, 0) is 36.2 Å². The van der Waals surface area contributed by atoms with Gasteiger partial charge >= 0.3 is 11.9 Å². The zero-order valence-corrected chi connectivity index (χ0v) is 19.5. The van der Waals surface area contributed by atoms with Gasteiger partial charge < -0.3 is 18.9 Å². The molecule has 1 aromatic carbocycles. The molecule has 1 unspecified atom stereocenters. The standard InChI is InChI=1S/C22H33NO5Si/c1-22(2,3)29(6,7)28-13-12-16(19(20(24)26-4)21(25)27-5)17-14-23-18-11-9-8-10-15(17)18/h8-11,14,16,19,23H,12-13H2,1-7H3. The fourth-order valence-corrected chi connectivity index (χ4v) is 4.30. The Morgan fingerprint density at radius 3 is 2.21 bits per heavy atom. The highest BCUT2D eigenvalue weighted by Gasteiger charge is 2.40. The Labute approximate surface area is 174 Å². The molecule has 6 nitrogen and oxygen atoms in total. The van der Waals surface area contributed by atoms with Crippen LogP contribution in [0.15, 0.2) is 30.5 Å². The summed E-state index contributed by atoms with van der Waals surface area (Å²) in [5.74, 6) is -2.66. The molecule has 160 valence electrons. The first kappa shape index (κ1) is 23.2. The molecule has 1 N–H and O–H groups in total. The van der Waals surface area contributed by atoms with Gasteiger partial charge in [0, 0.05) is 29.6 Å². The summed E-state index contributed by atoms with van der Waals surface area (Å²) in [5, 5.41) is 1.05. The van der Waals surface area contributed by atoms with E-state index in [2.05, 4.69) is 38.8 Å². The number of para-hydroxylation sites is 1. The first-order valence-electron chi connectivity index (χ1n) is 9.89. The number of aromatic amines is 1. The van der Waals surface area contributed by atoms with Crippen molar-refractivity contribution in [3.05, 3.63) is 36.0 Å². The number of benzene rings is 1. The average molecular weight is 420 g/mol. The van der Waals surface area contributed by atoms with Gasteiger partial charge in [0.25, 0.3) is 0 Å². The van der Waals surface area contributed by atoms with Crippen LogP contribution in [-0.4, -0.2) is 46.1 Å². The SMILES string of the molecule is COC(=O)C(C(=O)OC)C(CCO[Si](C)(C)C(C)(C)C)c1c[nH]c2ccccc12. The van der Waals surface area contributed by atoms with Crippen molar-refractivity contribution in [3.8, 4) is 0 Å². The number of ether oxygens (including phenoxy) is 2. The number of nitrogens with one attached hydrogen (secondary N) is 1. The average Bonchev–Trinajstić information content (AvgIpc) is 3.09. The van der Waals surface area contributed by atoms with E-state index in [1.165, 1.54) is 14.2 Å². The number of carbonyl (C=O) groups excluding carboxylic acids is 2.